The first-order chi connectivity index (χ1) is 18.3. The summed E-state index contributed by atoms with van der Waals surface area (Å²) >= 11 is 13.4. The number of hydrogen-bond acceptors (Lipinski definition) is 7. The van der Waals surface area contributed by atoms with Crippen LogP contribution in [0.25, 0.3) is 27.8 Å². The summed E-state index contributed by atoms with van der Waals surface area (Å²) < 4.78 is 26.5. The highest BCUT2D eigenvalue weighted by Crippen LogP contribution is 2.47. The molecule has 5 aromatic rings. The highest BCUT2D eigenvalue weighted by Gasteiger charge is 2.22. The molecular weight excluding hydrogens is 532 g/mol. The highest BCUT2D eigenvalue weighted by atomic mass is 35.5. The average Bonchev–Trinajstić information content (AvgIpc) is 3.41. The number of fused-ring (bicyclic) bond motifs is 3. The number of anilines is 2. The second-order valence-corrected chi connectivity index (χ2v) is 8.97. The normalized spacial score (nSPS) is 11.1. The van der Waals surface area contributed by atoms with Crippen LogP contribution >= 0.6 is 23.2 Å². The Morgan fingerprint density at radius 1 is 1.11 bits per heavy atom. The predicted octanol–water partition coefficient (Wildman–Crippen LogP) is 6.45. The molecule has 0 radical (unpaired) electrons. The number of aromatic nitrogens is 4. The zero-order chi connectivity index (χ0) is 27.0. The topological polar surface area (TPSA) is 90.6 Å². The van der Waals surface area contributed by atoms with Crippen molar-refractivity contribution in [2.24, 2.45) is 0 Å². The summed E-state index contributed by atoms with van der Waals surface area (Å²) in [5.41, 5.74) is 3.17. The molecule has 0 aliphatic carbocycles. The van der Waals surface area contributed by atoms with E-state index in [2.05, 4.69) is 26.8 Å². The maximum Gasteiger partial charge on any atom is 0.229 e. The summed E-state index contributed by atoms with van der Waals surface area (Å²) in [7, 11) is 3.01. The summed E-state index contributed by atoms with van der Waals surface area (Å²) in [6, 6.07) is 7.57. The molecule has 5 rings (SSSR count). The van der Waals surface area contributed by atoms with Crippen LogP contribution in [0.4, 0.5) is 16.0 Å². The molecule has 0 amide bonds. The van der Waals surface area contributed by atoms with Crippen LogP contribution < -0.4 is 14.8 Å². The second-order valence-electron chi connectivity index (χ2n) is 8.21. The van der Waals surface area contributed by atoms with Gasteiger partial charge in [-0.25, -0.2) is 14.4 Å². The van der Waals surface area contributed by atoms with Crippen LogP contribution in [0.3, 0.4) is 0 Å². The van der Waals surface area contributed by atoms with Crippen molar-refractivity contribution in [3.63, 3.8) is 0 Å². The Kier molecular flexibility index (Phi) is 6.88. The number of methoxy groups -OCH3 is 2. The average molecular weight is 552 g/mol. The molecule has 0 saturated heterocycles. The van der Waals surface area contributed by atoms with Crippen molar-refractivity contribution >= 4 is 57.3 Å². The van der Waals surface area contributed by atoms with E-state index in [0.29, 0.717) is 60.6 Å². The molecule has 0 saturated carbocycles. The molecule has 192 valence electrons. The number of benzene rings is 2. The van der Waals surface area contributed by atoms with Gasteiger partial charge >= 0.3 is 0 Å². The smallest absolute Gasteiger partial charge is 0.229 e. The van der Waals surface area contributed by atoms with Gasteiger partial charge in [-0.2, -0.15) is 4.98 Å². The third kappa shape index (κ3) is 4.51. The van der Waals surface area contributed by atoms with Crippen LogP contribution in [0, 0.1) is 5.82 Å². The third-order valence-corrected chi connectivity index (χ3v) is 6.71. The van der Waals surface area contributed by atoms with E-state index in [1.165, 1.54) is 38.5 Å². The van der Waals surface area contributed by atoms with Crippen molar-refractivity contribution in [2.75, 3.05) is 19.5 Å². The summed E-state index contributed by atoms with van der Waals surface area (Å²) in [5.74, 6) is 0.346. The highest BCUT2D eigenvalue weighted by molar-refractivity contribution is 6.41. The SMILES string of the molecule is C=CC(=O)Cc1cc(F)ccc1Nc1ncc2cc(-c3c(Cl)c(OC)cc(OC)c3Cl)c3nccn3c2n1. The summed E-state index contributed by atoms with van der Waals surface area (Å²) in [6.45, 7) is 3.48. The van der Waals surface area contributed by atoms with Crippen molar-refractivity contribution in [3.8, 4) is 22.6 Å². The van der Waals surface area contributed by atoms with Gasteiger partial charge in [0.1, 0.15) is 23.0 Å². The molecule has 0 aliphatic rings. The molecule has 0 bridgehead atoms. The molecule has 1 N–H and O–H groups in total. The van der Waals surface area contributed by atoms with Crippen LogP contribution in [0.5, 0.6) is 11.5 Å². The number of nitrogens with one attached hydrogen (secondary N) is 1. The van der Waals surface area contributed by atoms with E-state index in [1.54, 1.807) is 29.1 Å². The Bertz CT molecular complexity index is 1710. The molecular formula is C27H20Cl2FN5O3. The molecule has 3 heterocycles. The second kappa shape index (κ2) is 10.3. The number of allylic oxidation sites excluding steroid dienone is 1. The monoisotopic (exact) mass is 551 g/mol. The van der Waals surface area contributed by atoms with Gasteiger partial charge in [-0.1, -0.05) is 29.8 Å². The predicted molar refractivity (Wildman–Crippen MR) is 145 cm³/mol. The Morgan fingerprint density at radius 3 is 2.53 bits per heavy atom. The fourth-order valence-electron chi connectivity index (χ4n) is 4.15. The van der Waals surface area contributed by atoms with E-state index in [1.807, 2.05) is 6.07 Å². The lowest BCUT2D eigenvalue weighted by Crippen LogP contribution is -2.06. The fraction of sp³-hybridized carbons (Fsp3) is 0.111. The molecule has 0 atom stereocenters. The van der Waals surface area contributed by atoms with Crippen molar-refractivity contribution in [3.05, 3.63) is 83.0 Å². The van der Waals surface area contributed by atoms with Crippen LogP contribution in [0.2, 0.25) is 10.0 Å². The van der Waals surface area contributed by atoms with E-state index in [4.69, 9.17) is 32.7 Å². The number of carbonyl (C=O) groups excluding carboxylic acids is 1. The van der Waals surface area contributed by atoms with E-state index in [0.717, 1.165) is 0 Å². The van der Waals surface area contributed by atoms with Gasteiger partial charge in [-0.05, 0) is 35.9 Å². The first-order valence-corrected chi connectivity index (χ1v) is 12.0. The molecule has 0 aliphatic heterocycles. The van der Waals surface area contributed by atoms with Crippen molar-refractivity contribution in [2.45, 2.75) is 6.42 Å². The van der Waals surface area contributed by atoms with Gasteiger partial charge in [-0.15, -0.1) is 0 Å². The van der Waals surface area contributed by atoms with E-state index in [9.17, 15) is 9.18 Å². The Morgan fingerprint density at radius 2 is 1.84 bits per heavy atom. The molecule has 38 heavy (non-hydrogen) atoms. The number of carbonyl (C=O) groups is 1. The van der Waals surface area contributed by atoms with Crippen LogP contribution in [-0.2, 0) is 11.2 Å². The number of ether oxygens (including phenoxy) is 2. The van der Waals surface area contributed by atoms with Crippen LogP contribution in [0.1, 0.15) is 5.56 Å². The number of pyridine rings is 1. The van der Waals surface area contributed by atoms with Gasteiger partial charge in [-0.3, -0.25) is 9.20 Å². The first kappa shape index (κ1) is 25.4. The maximum absolute atomic E-state index is 13.9. The number of nitrogens with zero attached hydrogens (tertiary/aromatic N) is 4. The largest absolute Gasteiger partial charge is 0.495 e. The zero-order valence-corrected chi connectivity index (χ0v) is 21.8. The van der Waals surface area contributed by atoms with E-state index < -0.39 is 5.82 Å². The Labute approximate surface area is 226 Å². The minimum atomic E-state index is -0.457. The third-order valence-electron chi connectivity index (χ3n) is 5.95. The van der Waals surface area contributed by atoms with E-state index in [-0.39, 0.29) is 18.2 Å². The first-order valence-electron chi connectivity index (χ1n) is 11.3. The maximum atomic E-state index is 13.9. The Balaban J connectivity index is 1.64. The number of ketones is 1. The van der Waals surface area contributed by atoms with Gasteiger partial charge < -0.3 is 14.8 Å². The fourth-order valence-corrected chi connectivity index (χ4v) is 4.85. The molecule has 0 spiro atoms. The molecule has 0 unspecified atom stereocenters. The van der Waals surface area contributed by atoms with Gasteiger partial charge in [0.2, 0.25) is 5.95 Å². The van der Waals surface area contributed by atoms with Gasteiger partial charge in [0.25, 0.3) is 0 Å². The summed E-state index contributed by atoms with van der Waals surface area (Å²) in [6.07, 6.45) is 6.20. The standard InChI is InChI=1S/C27H20Cl2FN5O3/c1-4-17(36)10-14-9-16(30)5-6-19(14)33-27-32-13-15-11-18(26-31-7-8-35(26)25(15)34-27)22-23(28)20(37-2)12-21(38-3)24(22)29/h4-9,11-13H,1,10H2,2-3H3,(H,32,33,34). The quantitative estimate of drug-likeness (QED) is 0.221. The molecule has 3 aromatic heterocycles. The summed E-state index contributed by atoms with van der Waals surface area (Å²) in [5, 5.41) is 4.37. The van der Waals surface area contributed by atoms with Gasteiger partial charge in [0, 0.05) is 53.3 Å². The lowest BCUT2D eigenvalue weighted by molar-refractivity contribution is -0.114. The summed E-state index contributed by atoms with van der Waals surface area (Å²) in [4.78, 5) is 25.5. The van der Waals surface area contributed by atoms with Crippen LogP contribution in [-0.4, -0.2) is 39.4 Å². The number of rotatable bonds is 8. The van der Waals surface area contributed by atoms with Crippen molar-refractivity contribution in [1.82, 2.24) is 19.4 Å². The number of imidazole rings is 1. The van der Waals surface area contributed by atoms with Crippen LogP contribution in [0.15, 0.2) is 61.6 Å². The lowest BCUT2D eigenvalue weighted by Gasteiger charge is -2.16. The minimum absolute atomic E-state index is 0.0161. The van der Waals surface area contributed by atoms with E-state index >= 15 is 0 Å². The van der Waals surface area contributed by atoms with Crippen molar-refractivity contribution in [1.29, 1.82) is 0 Å². The zero-order valence-electron chi connectivity index (χ0n) is 20.3. The number of hydrogen-bond donors (Lipinski definition) is 1. The Hall–Kier alpha value is -4.21. The molecule has 0 fully saturated rings. The van der Waals surface area contributed by atoms with Gasteiger partial charge in [0.15, 0.2) is 11.4 Å². The minimum Gasteiger partial charge on any atom is -0.495 e. The molecule has 2 aromatic carbocycles. The molecule has 11 heteroatoms. The lowest BCUT2D eigenvalue weighted by atomic mass is 10.0. The van der Waals surface area contributed by atoms with Gasteiger partial charge in [0.05, 0.1) is 24.3 Å². The molecule has 8 nitrogen and oxygen atoms in total. The van der Waals surface area contributed by atoms with Crippen molar-refractivity contribution < 1.29 is 18.7 Å². The number of halogens is 3.